The molecule has 1 aliphatic heterocycles. The number of nitrogens with one attached hydrogen (secondary N) is 1. The standard InChI is InChI=1S/C18H12BrClN2O3S/c1-9-6-11(19)3-4-14(9)22-17(25)12(16(24)21-18(22)26)7-10-2-5-15(23)13(20)8-10/h2-8,23H,1H3,(H,21,24,26)/b12-7+. The zero-order valence-electron chi connectivity index (χ0n) is 13.4. The second kappa shape index (κ2) is 7.19. The average molecular weight is 452 g/mol. The number of rotatable bonds is 2. The number of hydrogen-bond acceptors (Lipinski definition) is 4. The van der Waals surface area contributed by atoms with Crippen LogP contribution in [0.5, 0.6) is 5.75 Å². The SMILES string of the molecule is Cc1cc(Br)ccc1N1C(=O)/C(=C/c2ccc(O)c(Cl)c2)C(=O)NC1=S. The van der Waals surface area contributed by atoms with E-state index in [1.165, 1.54) is 23.1 Å². The van der Waals surface area contributed by atoms with E-state index in [1.807, 2.05) is 13.0 Å². The number of amides is 2. The van der Waals surface area contributed by atoms with Crippen LogP contribution in [-0.2, 0) is 9.59 Å². The third-order valence-corrected chi connectivity index (χ3v) is 4.86. The number of aryl methyl sites for hydroxylation is 1. The molecule has 1 fully saturated rings. The normalized spacial score (nSPS) is 16.2. The first-order valence-corrected chi connectivity index (χ1v) is 9.02. The molecule has 2 amide bonds. The molecule has 5 nitrogen and oxygen atoms in total. The van der Waals surface area contributed by atoms with E-state index in [0.717, 1.165) is 10.0 Å². The lowest BCUT2D eigenvalue weighted by Crippen LogP contribution is -2.54. The first kappa shape index (κ1) is 18.6. The van der Waals surface area contributed by atoms with Crippen molar-refractivity contribution in [2.75, 3.05) is 4.90 Å². The van der Waals surface area contributed by atoms with Gasteiger partial charge in [0.05, 0.1) is 10.7 Å². The smallest absolute Gasteiger partial charge is 0.270 e. The zero-order valence-corrected chi connectivity index (χ0v) is 16.6. The Kier molecular flexibility index (Phi) is 5.13. The molecule has 132 valence electrons. The van der Waals surface area contributed by atoms with E-state index >= 15 is 0 Å². The van der Waals surface area contributed by atoms with Gasteiger partial charge in [-0.1, -0.05) is 33.6 Å². The summed E-state index contributed by atoms with van der Waals surface area (Å²) < 4.78 is 0.868. The molecule has 1 aliphatic rings. The number of phenolic OH excluding ortho intramolecular Hbond substituents is 1. The molecule has 1 heterocycles. The number of nitrogens with zero attached hydrogens (tertiary/aromatic N) is 1. The van der Waals surface area contributed by atoms with Gasteiger partial charge in [0.15, 0.2) is 5.11 Å². The summed E-state index contributed by atoms with van der Waals surface area (Å²) in [5, 5.41) is 12.2. The highest BCUT2D eigenvalue weighted by molar-refractivity contribution is 9.10. The summed E-state index contributed by atoms with van der Waals surface area (Å²) in [6, 6.07) is 9.80. The monoisotopic (exact) mass is 450 g/mol. The molecule has 26 heavy (non-hydrogen) atoms. The fraction of sp³-hybridized carbons (Fsp3) is 0.0556. The van der Waals surface area contributed by atoms with Crippen molar-refractivity contribution in [3.8, 4) is 5.75 Å². The van der Waals surface area contributed by atoms with Gasteiger partial charge in [-0.2, -0.15) is 0 Å². The van der Waals surface area contributed by atoms with Gasteiger partial charge >= 0.3 is 0 Å². The number of carbonyl (C=O) groups excluding carboxylic acids is 2. The summed E-state index contributed by atoms with van der Waals surface area (Å²) >= 11 is 14.5. The third-order valence-electron chi connectivity index (χ3n) is 3.78. The number of phenols is 1. The van der Waals surface area contributed by atoms with E-state index in [2.05, 4.69) is 21.2 Å². The topological polar surface area (TPSA) is 69.6 Å². The second-order valence-corrected chi connectivity index (χ2v) is 7.31. The fourth-order valence-electron chi connectivity index (χ4n) is 2.53. The maximum Gasteiger partial charge on any atom is 0.270 e. The van der Waals surface area contributed by atoms with Crippen LogP contribution in [0.2, 0.25) is 5.02 Å². The predicted octanol–water partition coefficient (Wildman–Crippen LogP) is 3.95. The van der Waals surface area contributed by atoms with Crippen molar-refractivity contribution in [2.24, 2.45) is 0 Å². The minimum absolute atomic E-state index is 0.0197. The lowest BCUT2D eigenvalue weighted by Gasteiger charge is -2.30. The molecule has 1 saturated heterocycles. The predicted molar refractivity (Wildman–Crippen MR) is 108 cm³/mol. The first-order chi connectivity index (χ1) is 12.3. The lowest BCUT2D eigenvalue weighted by atomic mass is 10.1. The number of carbonyl (C=O) groups is 2. The van der Waals surface area contributed by atoms with Crippen molar-refractivity contribution >= 4 is 68.4 Å². The quantitative estimate of drug-likeness (QED) is 0.412. The average Bonchev–Trinajstić information content (AvgIpc) is 2.56. The Morgan fingerprint density at radius 3 is 2.62 bits per heavy atom. The Morgan fingerprint density at radius 1 is 1.23 bits per heavy atom. The van der Waals surface area contributed by atoms with Crippen molar-refractivity contribution in [1.82, 2.24) is 5.32 Å². The number of benzene rings is 2. The van der Waals surface area contributed by atoms with E-state index < -0.39 is 11.8 Å². The van der Waals surface area contributed by atoms with Gasteiger partial charge in [-0.15, -0.1) is 0 Å². The highest BCUT2D eigenvalue weighted by Gasteiger charge is 2.35. The highest BCUT2D eigenvalue weighted by atomic mass is 79.9. The maximum atomic E-state index is 13.0. The van der Waals surface area contributed by atoms with Gasteiger partial charge < -0.3 is 5.11 Å². The van der Waals surface area contributed by atoms with E-state index in [0.29, 0.717) is 11.3 Å². The molecule has 8 heteroatoms. The summed E-state index contributed by atoms with van der Waals surface area (Å²) in [7, 11) is 0. The Bertz CT molecular complexity index is 990. The molecular weight excluding hydrogens is 440 g/mol. The van der Waals surface area contributed by atoms with Gasteiger partial charge in [-0.3, -0.25) is 19.8 Å². The van der Waals surface area contributed by atoms with Crippen molar-refractivity contribution in [2.45, 2.75) is 6.92 Å². The van der Waals surface area contributed by atoms with Gasteiger partial charge in [0, 0.05) is 4.47 Å². The number of hydrogen-bond donors (Lipinski definition) is 2. The summed E-state index contributed by atoms with van der Waals surface area (Å²) in [6.07, 6.45) is 1.41. The number of halogens is 2. The molecule has 0 atom stereocenters. The molecule has 2 aromatic carbocycles. The Balaban J connectivity index is 2.05. The van der Waals surface area contributed by atoms with Gasteiger partial charge in [-0.25, -0.2) is 0 Å². The minimum Gasteiger partial charge on any atom is -0.506 e. The van der Waals surface area contributed by atoms with E-state index in [-0.39, 0.29) is 21.5 Å². The summed E-state index contributed by atoms with van der Waals surface area (Å²) in [5.41, 5.74) is 1.82. The third kappa shape index (κ3) is 3.51. The fourth-order valence-corrected chi connectivity index (χ4v) is 3.46. The van der Waals surface area contributed by atoms with Crippen molar-refractivity contribution in [3.63, 3.8) is 0 Å². The zero-order chi connectivity index (χ0) is 19.0. The Hall–Kier alpha value is -2.22. The second-order valence-electron chi connectivity index (χ2n) is 5.60. The number of thiocarbonyl (C=S) groups is 1. The molecule has 3 rings (SSSR count). The van der Waals surface area contributed by atoms with Crippen LogP contribution in [0.1, 0.15) is 11.1 Å². The highest BCUT2D eigenvalue weighted by Crippen LogP contribution is 2.29. The van der Waals surface area contributed by atoms with Gasteiger partial charge in [0.25, 0.3) is 11.8 Å². The molecule has 0 aliphatic carbocycles. The molecule has 0 bridgehead atoms. The molecule has 2 N–H and O–H groups in total. The number of anilines is 1. The summed E-state index contributed by atoms with van der Waals surface area (Å²) in [5.74, 6) is -1.20. The van der Waals surface area contributed by atoms with Crippen LogP contribution in [-0.4, -0.2) is 22.0 Å². The molecule has 2 aromatic rings. The van der Waals surface area contributed by atoms with Gasteiger partial charge in [-0.05, 0) is 66.7 Å². The largest absolute Gasteiger partial charge is 0.506 e. The van der Waals surface area contributed by atoms with Crippen LogP contribution in [0.4, 0.5) is 5.69 Å². The first-order valence-electron chi connectivity index (χ1n) is 7.44. The number of aromatic hydroxyl groups is 1. The van der Waals surface area contributed by atoms with Crippen LogP contribution in [0.25, 0.3) is 6.08 Å². The Labute approximate surface area is 168 Å². The van der Waals surface area contributed by atoms with E-state index in [1.54, 1.807) is 18.2 Å². The molecule has 0 saturated carbocycles. The molecule has 0 radical (unpaired) electrons. The van der Waals surface area contributed by atoms with Crippen LogP contribution in [0, 0.1) is 6.92 Å². The molecular formula is C18H12BrClN2O3S. The Morgan fingerprint density at radius 2 is 1.96 bits per heavy atom. The van der Waals surface area contributed by atoms with Crippen LogP contribution in [0.15, 0.2) is 46.4 Å². The summed E-state index contributed by atoms with van der Waals surface area (Å²) in [6.45, 7) is 1.84. The summed E-state index contributed by atoms with van der Waals surface area (Å²) in [4.78, 5) is 26.5. The van der Waals surface area contributed by atoms with E-state index in [9.17, 15) is 14.7 Å². The molecule has 0 unspecified atom stereocenters. The maximum absolute atomic E-state index is 13.0. The molecule has 0 spiro atoms. The van der Waals surface area contributed by atoms with Crippen molar-refractivity contribution in [1.29, 1.82) is 0 Å². The minimum atomic E-state index is -0.588. The van der Waals surface area contributed by atoms with Crippen molar-refractivity contribution in [3.05, 3.63) is 62.6 Å². The van der Waals surface area contributed by atoms with Crippen molar-refractivity contribution < 1.29 is 14.7 Å². The van der Waals surface area contributed by atoms with Gasteiger partial charge in [0.1, 0.15) is 11.3 Å². The van der Waals surface area contributed by atoms with Gasteiger partial charge in [0.2, 0.25) is 0 Å². The van der Waals surface area contributed by atoms with Crippen LogP contribution >= 0.6 is 39.7 Å². The van der Waals surface area contributed by atoms with Crippen LogP contribution < -0.4 is 10.2 Å². The van der Waals surface area contributed by atoms with Crippen LogP contribution in [0.3, 0.4) is 0 Å². The van der Waals surface area contributed by atoms with E-state index in [4.69, 9.17) is 23.8 Å². The lowest BCUT2D eigenvalue weighted by molar-refractivity contribution is -0.122. The molecule has 0 aromatic heterocycles.